The molecular weight excluding hydrogens is 274 g/mol. The van der Waals surface area contributed by atoms with Crippen molar-refractivity contribution in [3.05, 3.63) is 64.7 Å². The molecule has 0 fully saturated rings. The number of benzene rings is 2. The first-order valence-electron chi connectivity index (χ1n) is 6.67. The van der Waals surface area contributed by atoms with Gasteiger partial charge >= 0.3 is 0 Å². The van der Waals surface area contributed by atoms with E-state index < -0.39 is 0 Å². The minimum Gasteiger partial charge on any atom is -0.488 e. The quantitative estimate of drug-likeness (QED) is 0.767. The van der Waals surface area contributed by atoms with Gasteiger partial charge in [0.05, 0.1) is 13.2 Å². The van der Waals surface area contributed by atoms with E-state index in [1.807, 2.05) is 53.8 Å². The van der Waals surface area contributed by atoms with E-state index in [1.54, 1.807) is 0 Å². The molecule has 0 amide bonds. The minimum atomic E-state index is 0.167. The van der Waals surface area contributed by atoms with Crippen LogP contribution in [-0.4, -0.2) is 18.3 Å². The van der Waals surface area contributed by atoms with Crippen LogP contribution in [0, 0.1) is 0 Å². The van der Waals surface area contributed by atoms with E-state index in [0.717, 1.165) is 23.4 Å². The van der Waals surface area contributed by atoms with Crippen molar-refractivity contribution < 1.29 is 15.2 Å². The van der Waals surface area contributed by atoms with Gasteiger partial charge in [-0.25, -0.2) is 0 Å². The first kappa shape index (κ1) is 14.9. The van der Waals surface area contributed by atoms with Crippen molar-refractivity contribution in [3.63, 3.8) is 0 Å². The summed E-state index contributed by atoms with van der Waals surface area (Å²) in [5.41, 5.74) is 2.18. The highest BCUT2D eigenvalue weighted by Gasteiger charge is 2.07. The molecule has 0 saturated heterocycles. The molecule has 0 spiro atoms. The third-order valence-corrected chi connectivity index (χ3v) is 3.19. The van der Waals surface area contributed by atoms with Gasteiger partial charge < -0.3 is 15.2 Å². The topological polar surface area (TPSA) is 46.1 Å². The summed E-state index contributed by atoms with van der Waals surface area (Å²) in [6.45, 7) is 2.12. The van der Waals surface area contributed by atoms with Gasteiger partial charge in [-0.15, -0.1) is 0 Å². The molecule has 0 radical (unpaired) electrons. The Morgan fingerprint density at radius 2 is 1.90 bits per heavy atom. The van der Waals surface area contributed by atoms with Gasteiger partial charge in [-0.3, -0.25) is 0 Å². The van der Waals surface area contributed by atoms with Crippen molar-refractivity contribution in [2.24, 2.45) is 0 Å². The molecule has 3 nitrogen and oxygen atoms in total. The third-order valence-electron chi connectivity index (χ3n) is 2.96. The second kappa shape index (κ2) is 7.90. The monoisotopic (exact) mass is 292 g/mol. The summed E-state index contributed by atoms with van der Waals surface area (Å²) in [7, 11) is 0. The maximum atomic E-state index is 8.83. The predicted octanol–water partition coefficient (Wildman–Crippen LogP) is 1.97. The Kier molecular flexibility index (Phi) is 5.87. The number of aliphatic hydroxyl groups is 1. The van der Waals surface area contributed by atoms with Crippen LogP contribution >= 0.6 is 11.6 Å². The highest BCUT2D eigenvalue weighted by Crippen LogP contribution is 2.23. The summed E-state index contributed by atoms with van der Waals surface area (Å²) < 4.78 is 5.87. The molecule has 2 aromatic carbocycles. The lowest BCUT2D eigenvalue weighted by Gasteiger charge is -2.11. The van der Waals surface area contributed by atoms with Crippen LogP contribution in [0.4, 0.5) is 0 Å². The van der Waals surface area contributed by atoms with Crippen LogP contribution in [0.2, 0.25) is 5.02 Å². The molecule has 0 saturated carbocycles. The van der Waals surface area contributed by atoms with Crippen molar-refractivity contribution in [3.8, 4) is 5.75 Å². The molecule has 0 unspecified atom stereocenters. The summed E-state index contributed by atoms with van der Waals surface area (Å²) in [4.78, 5) is 0. The van der Waals surface area contributed by atoms with Crippen LogP contribution in [-0.2, 0) is 13.2 Å². The van der Waals surface area contributed by atoms with Crippen LogP contribution in [0.5, 0.6) is 5.75 Å². The first-order valence-corrected chi connectivity index (χ1v) is 7.05. The van der Waals surface area contributed by atoms with E-state index >= 15 is 0 Å². The van der Waals surface area contributed by atoms with E-state index in [9.17, 15) is 0 Å². The van der Waals surface area contributed by atoms with E-state index in [4.69, 9.17) is 21.4 Å². The standard InChI is InChI=1S/C16H18ClNO2/c17-15-6-7-16(14(10-15)11-18-8-9-19)20-12-13-4-2-1-3-5-13/h1-7,10,18-19H,8-9,11-12H2/p+1. The summed E-state index contributed by atoms with van der Waals surface area (Å²) in [5.74, 6) is 0.840. The summed E-state index contributed by atoms with van der Waals surface area (Å²) in [5, 5.41) is 11.6. The van der Waals surface area contributed by atoms with E-state index in [1.165, 1.54) is 0 Å². The van der Waals surface area contributed by atoms with E-state index in [2.05, 4.69) is 0 Å². The molecule has 3 N–H and O–H groups in total. The molecule has 0 aliphatic heterocycles. The number of halogens is 1. The van der Waals surface area contributed by atoms with Crippen molar-refractivity contribution in [1.29, 1.82) is 0 Å². The zero-order chi connectivity index (χ0) is 14.2. The van der Waals surface area contributed by atoms with Gasteiger partial charge in [0.2, 0.25) is 0 Å². The Hall–Kier alpha value is -1.55. The number of hydrogen-bond acceptors (Lipinski definition) is 2. The molecule has 0 atom stereocenters. The second-order valence-electron chi connectivity index (χ2n) is 4.53. The highest BCUT2D eigenvalue weighted by molar-refractivity contribution is 6.30. The Morgan fingerprint density at radius 1 is 1.10 bits per heavy atom. The SMILES string of the molecule is OCC[NH2+]Cc1cc(Cl)ccc1OCc1ccccc1. The molecular formula is C16H19ClNO2+. The number of rotatable bonds is 7. The molecule has 0 aliphatic carbocycles. The Balaban J connectivity index is 2.02. The van der Waals surface area contributed by atoms with Crippen molar-refractivity contribution in [2.45, 2.75) is 13.2 Å². The predicted molar refractivity (Wildman–Crippen MR) is 79.8 cm³/mol. The zero-order valence-electron chi connectivity index (χ0n) is 11.3. The number of quaternary nitrogens is 1. The summed E-state index contributed by atoms with van der Waals surface area (Å²) in [6, 6.07) is 15.7. The van der Waals surface area contributed by atoms with Crippen molar-refractivity contribution >= 4 is 11.6 Å². The van der Waals surface area contributed by atoms with Crippen LogP contribution in [0.3, 0.4) is 0 Å². The first-order chi connectivity index (χ1) is 9.79. The van der Waals surface area contributed by atoms with Gasteiger partial charge in [-0.2, -0.15) is 0 Å². The molecule has 0 bridgehead atoms. The van der Waals surface area contributed by atoms with Crippen LogP contribution in [0.1, 0.15) is 11.1 Å². The average molecular weight is 293 g/mol. The molecule has 0 heterocycles. The number of aliphatic hydroxyl groups excluding tert-OH is 1. The number of nitrogens with two attached hydrogens (primary N) is 1. The van der Waals surface area contributed by atoms with E-state index in [-0.39, 0.29) is 6.61 Å². The molecule has 106 valence electrons. The summed E-state index contributed by atoms with van der Waals surface area (Å²) in [6.07, 6.45) is 0. The molecule has 2 rings (SSSR count). The van der Waals surface area contributed by atoms with Gasteiger partial charge in [0.25, 0.3) is 0 Å². The fourth-order valence-corrected chi connectivity index (χ4v) is 2.13. The number of hydrogen-bond donors (Lipinski definition) is 2. The normalized spacial score (nSPS) is 10.5. The van der Waals surface area contributed by atoms with Gasteiger partial charge in [-0.1, -0.05) is 41.9 Å². The molecule has 2 aromatic rings. The van der Waals surface area contributed by atoms with Gasteiger partial charge in [0.1, 0.15) is 18.9 Å². The van der Waals surface area contributed by atoms with Crippen LogP contribution in [0.15, 0.2) is 48.5 Å². The summed E-state index contributed by atoms with van der Waals surface area (Å²) >= 11 is 6.03. The minimum absolute atomic E-state index is 0.167. The van der Waals surface area contributed by atoms with Gasteiger partial charge in [0.15, 0.2) is 0 Å². The second-order valence-corrected chi connectivity index (χ2v) is 4.97. The molecule has 4 heteroatoms. The van der Waals surface area contributed by atoms with Crippen LogP contribution < -0.4 is 10.1 Å². The number of ether oxygens (including phenoxy) is 1. The lowest BCUT2D eigenvalue weighted by atomic mass is 10.2. The van der Waals surface area contributed by atoms with E-state index in [0.29, 0.717) is 18.2 Å². The third kappa shape index (κ3) is 4.53. The maximum Gasteiger partial charge on any atom is 0.128 e. The molecule has 0 aliphatic rings. The maximum absolute atomic E-state index is 8.83. The zero-order valence-corrected chi connectivity index (χ0v) is 12.0. The van der Waals surface area contributed by atoms with Crippen molar-refractivity contribution in [1.82, 2.24) is 0 Å². The Morgan fingerprint density at radius 3 is 2.65 bits per heavy atom. The largest absolute Gasteiger partial charge is 0.488 e. The molecule has 0 aromatic heterocycles. The fourth-order valence-electron chi connectivity index (χ4n) is 1.93. The lowest BCUT2D eigenvalue weighted by Crippen LogP contribution is -2.83. The Labute approximate surface area is 124 Å². The highest BCUT2D eigenvalue weighted by atomic mass is 35.5. The van der Waals surface area contributed by atoms with Crippen molar-refractivity contribution in [2.75, 3.05) is 13.2 Å². The lowest BCUT2D eigenvalue weighted by molar-refractivity contribution is -0.671. The van der Waals surface area contributed by atoms with Crippen LogP contribution in [0.25, 0.3) is 0 Å². The fraction of sp³-hybridized carbons (Fsp3) is 0.250. The molecule has 20 heavy (non-hydrogen) atoms. The van der Waals surface area contributed by atoms with Gasteiger partial charge in [0, 0.05) is 10.6 Å². The Bertz CT molecular complexity index is 531. The average Bonchev–Trinajstić information content (AvgIpc) is 2.48. The smallest absolute Gasteiger partial charge is 0.128 e. The van der Waals surface area contributed by atoms with Gasteiger partial charge in [-0.05, 0) is 23.8 Å².